The van der Waals surface area contributed by atoms with Crippen molar-refractivity contribution in [3.63, 3.8) is 0 Å². The zero-order valence-electron chi connectivity index (χ0n) is 14.8. The van der Waals surface area contributed by atoms with E-state index in [4.69, 9.17) is 21.1 Å². The minimum Gasteiger partial charge on any atom is -0.481 e. The van der Waals surface area contributed by atoms with Gasteiger partial charge in [-0.2, -0.15) is 0 Å². The summed E-state index contributed by atoms with van der Waals surface area (Å²) in [7, 11) is 0. The molecule has 6 heteroatoms. The van der Waals surface area contributed by atoms with Gasteiger partial charge in [-0.3, -0.25) is 9.59 Å². The fourth-order valence-electron chi connectivity index (χ4n) is 1.57. The summed E-state index contributed by atoms with van der Waals surface area (Å²) in [5, 5.41) is 27.4. The third-order valence-corrected chi connectivity index (χ3v) is 3.48. The van der Waals surface area contributed by atoms with Crippen LogP contribution in [0.1, 0.15) is 27.2 Å². The predicted octanol–water partition coefficient (Wildman–Crippen LogP) is 2.74. The lowest BCUT2D eigenvalue weighted by atomic mass is 9.86. The van der Waals surface area contributed by atoms with Crippen molar-refractivity contribution in [2.75, 3.05) is 6.61 Å². The molecule has 0 fully saturated rings. The molecule has 0 aliphatic rings. The predicted molar refractivity (Wildman–Crippen MR) is 98.4 cm³/mol. The third-order valence-electron chi connectivity index (χ3n) is 3.48. The number of carbonyl (C=O) groups is 2. The van der Waals surface area contributed by atoms with Crippen molar-refractivity contribution in [3.05, 3.63) is 48.5 Å². The fourth-order valence-corrected chi connectivity index (χ4v) is 1.57. The largest absolute Gasteiger partial charge is 0.481 e. The van der Waals surface area contributed by atoms with E-state index >= 15 is 0 Å². The molecule has 0 aliphatic heterocycles. The van der Waals surface area contributed by atoms with Gasteiger partial charge in [0, 0.05) is 11.8 Å². The van der Waals surface area contributed by atoms with E-state index in [1.165, 1.54) is 10.8 Å². The maximum atomic E-state index is 10.3. The number of hydrogen-bond acceptors (Lipinski definition) is 4. The van der Waals surface area contributed by atoms with Crippen LogP contribution in [0.2, 0.25) is 0 Å². The first-order valence-electron chi connectivity index (χ1n) is 7.90. The minimum absolute atomic E-state index is 0.222. The number of hydrogen-bond donors (Lipinski definition) is 4. The Morgan fingerprint density at radius 1 is 1.00 bits per heavy atom. The Labute approximate surface area is 147 Å². The molecule has 0 spiro atoms. The Kier molecular flexibility index (Phi) is 10.1. The molecule has 6 nitrogen and oxygen atoms in total. The Balaban J connectivity index is 0.000000368. The highest BCUT2D eigenvalue weighted by Crippen LogP contribution is 2.17. The van der Waals surface area contributed by atoms with Crippen LogP contribution in [-0.2, 0) is 9.59 Å². The highest BCUT2D eigenvalue weighted by Gasteiger charge is 2.30. The molecule has 0 saturated carbocycles. The summed E-state index contributed by atoms with van der Waals surface area (Å²) in [4.78, 5) is 19.6. The molecule has 0 radical (unpaired) electrons. The zero-order valence-corrected chi connectivity index (χ0v) is 14.8. The molecular weight excluding hydrogens is 322 g/mol. The molecular formula is C19H27NO5. The topological polar surface area (TPSA) is 121 Å². The lowest BCUT2D eigenvalue weighted by molar-refractivity contribution is -0.142. The summed E-state index contributed by atoms with van der Waals surface area (Å²) in [5.41, 5.74) is 4.50. The van der Waals surface area contributed by atoms with Crippen molar-refractivity contribution in [2.24, 2.45) is 11.1 Å². The maximum absolute atomic E-state index is 10.3. The van der Waals surface area contributed by atoms with Crippen LogP contribution in [0.4, 0.5) is 0 Å². The summed E-state index contributed by atoms with van der Waals surface area (Å²) < 4.78 is 0. The van der Waals surface area contributed by atoms with E-state index < -0.39 is 23.4 Å². The van der Waals surface area contributed by atoms with Crippen molar-refractivity contribution >= 4 is 22.7 Å². The van der Waals surface area contributed by atoms with Gasteiger partial charge < -0.3 is 21.1 Å². The third kappa shape index (κ3) is 8.83. The molecule has 0 amide bonds. The second-order valence-corrected chi connectivity index (χ2v) is 6.06. The van der Waals surface area contributed by atoms with Crippen LogP contribution in [0.25, 0.3) is 10.8 Å². The van der Waals surface area contributed by atoms with E-state index in [0.717, 1.165) is 0 Å². The first-order valence-corrected chi connectivity index (χ1v) is 7.90. The number of aliphatic hydroxyl groups excluding tert-OH is 1. The van der Waals surface area contributed by atoms with Gasteiger partial charge in [0.2, 0.25) is 0 Å². The van der Waals surface area contributed by atoms with Gasteiger partial charge in [0.25, 0.3) is 0 Å². The van der Waals surface area contributed by atoms with E-state index in [1.807, 2.05) is 0 Å². The summed E-state index contributed by atoms with van der Waals surface area (Å²) in [6.07, 6.45) is 0.222. The van der Waals surface area contributed by atoms with Crippen LogP contribution in [0.3, 0.4) is 0 Å². The monoisotopic (exact) mass is 349 g/mol. The van der Waals surface area contributed by atoms with Gasteiger partial charge in [-0.1, -0.05) is 69.3 Å². The molecule has 1 atom stereocenters. The number of benzene rings is 2. The number of aliphatic hydroxyl groups is 1. The van der Waals surface area contributed by atoms with Crippen LogP contribution in [0, 0.1) is 5.41 Å². The second kappa shape index (κ2) is 11.2. The normalized spacial score (nSPS) is 11.4. The van der Waals surface area contributed by atoms with Crippen molar-refractivity contribution in [3.8, 4) is 0 Å². The van der Waals surface area contributed by atoms with Crippen molar-refractivity contribution in [2.45, 2.75) is 33.2 Å². The smallest absolute Gasteiger partial charge is 0.321 e. The van der Waals surface area contributed by atoms with Crippen molar-refractivity contribution < 1.29 is 24.9 Å². The number of nitrogens with two attached hydrogens (primary N) is 1. The molecule has 0 saturated heterocycles. The Morgan fingerprint density at radius 3 is 1.48 bits per heavy atom. The van der Waals surface area contributed by atoms with Crippen molar-refractivity contribution in [1.29, 1.82) is 0 Å². The zero-order chi connectivity index (χ0) is 19.5. The summed E-state index contributed by atoms with van der Waals surface area (Å²) in [6, 6.07) is 15.7. The number of aliphatic carboxylic acids is 2. The van der Waals surface area contributed by atoms with Crippen LogP contribution < -0.4 is 5.73 Å². The van der Waals surface area contributed by atoms with Gasteiger partial charge in [-0.25, -0.2) is 0 Å². The summed E-state index contributed by atoms with van der Waals surface area (Å²) >= 11 is 0. The van der Waals surface area contributed by atoms with Crippen molar-refractivity contribution in [1.82, 2.24) is 0 Å². The SMILES string of the molecule is CC(C)(CO)C(N)C(=O)O.CCC(=O)O.c1ccc2ccccc2c1. The molecule has 25 heavy (non-hydrogen) atoms. The van der Waals surface area contributed by atoms with Gasteiger partial charge >= 0.3 is 11.9 Å². The first kappa shape index (κ1) is 22.6. The van der Waals surface area contributed by atoms with E-state index in [2.05, 4.69) is 48.5 Å². The molecule has 0 bridgehead atoms. The van der Waals surface area contributed by atoms with E-state index in [0.29, 0.717) is 0 Å². The fraction of sp³-hybridized carbons (Fsp3) is 0.368. The minimum atomic E-state index is -1.08. The second-order valence-electron chi connectivity index (χ2n) is 6.06. The number of carboxylic acid groups (broad SMARTS) is 2. The molecule has 1 unspecified atom stereocenters. The molecule has 5 N–H and O–H groups in total. The Hall–Kier alpha value is -2.44. The summed E-state index contributed by atoms with van der Waals surface area (Å²) in [6.45, 7) is 4.58. The van der Waals surface area contributed by atoms with Gasteiger partial charge in [0.05, 0.1) is 6.61 Å². The molecule has 2 aromatic carbocycles. The lowest BCUT2D eigenvalue weighted by Gasteiger charge is -2.25. The number of rotatable bonds is 4. The Morgan fingerprint density at radius 2 is 1.32 bits per heavy atom. The van der Waals surface area contributed by atoms with Gasteiger partial charge in [-0.05, 0) is 10.8 Å². The molecule has 0 heterocycles. The molecule has 0 aliphatic carbocycles. The lowest BCUT2D eigenvalue weighted by Crippen LogP contribution is -2.45. The van der Waals surface area contributed by atoms with Crippen LogP contribution >= 0.6 is 0 Å². The quantitative estimate of drug-likeness (QED) is 0.673. The molecule has 2 rings (SSSR count). The highest BCUT2D eigenvalue weighted by molar-refractivity contribution is 5.82. The summed E-state index contributed by atoms with van der Waals surface area (Å²) in [5.74, 6) is -1.83. The first-order chi connectivity index (χ1) is 11.7. The van der Waals surface area contributed by atoms with Gasteiger partial charge in [0.15, 0.2) is 0 Å². The molecule has 0 aromatic heterocycles. The molecule has 2 aromatic rings. The van der Waals surface area contributed by atoms with Gasteiger partial charge in [-0.15, -0.1) is 0 Å². The number of fused-ring (bicyclic) bond motifs is 1. The van der Waals surface area contributed by atoms with Gasteiger partial charge in [0.1, 0.15) is 6.04 Å². The number of carboxylic acids is 2. The average molecular weight is 349 g/mol. The average Bonchev–Trinajstić information content (AvgIpc) is 2.62. The van der Waals surface area contributed by atoms with E-state index in [-0.39, 0.29) is 13.0 Å². The van der Waals surface area contributed by atoms with Crippen LogP contribution in [-0.4, -0.2) is 39.9 Å². The maximum Gasteiger partial charge on any atom is 0.321 e. The highest BCUT2D eigenvalue weighted by atomic mass is 16.4. The van der Waals surface area contributed by atoms with E-state index in [1.54, 1.807) is 20.8 Å². The van der Waals surface area contributed by atoms with E-state index in [9.17, 15) is 9.59 Å². The molecule has 138 valence electrons. The van der Waals surface area contributed by atoms with Crippen LogP contribution in [0.5, 0.6) is 0 Å². The Bertz CT molecular complexity index is 604. The standard InChI is InChI=1S/C10H8.C6H13NO3.C3H6O2/c1-2-6-10-8-4-3-7-9(10)5-1;1-6(2,3-8)4(7)5(9)10;1-2-3(4)5/h1-8H;4,8H,3,7H2,1-2H3,(H,9,10);2H2,1H3,(H,4,5). The van der Waals surface area contributed by atoms with Crippen LogP contribution in [0.15, 0.2) is 48.5 Å².